The van der Waals surface area contributed by atoms with E-state index in [2.05, 4.69) is 4.98 Å². The molecule has 2 rings (SSSR count). The summed E-state index contributed by atoms with van der Waals surface area (Å²) < 4.78 is 1.50. The average Bonchev–Trinajstić information content (AvgIpc) is 2.33. The molecule has 0 saturated carbocycles. The van der Waals surface area contributed by atoms with Gasteiger partial charge in [0.25, 0.3) is 5.56 Å². The lowest BCUT2D eigenvalue weighted by atomic mass is 10.4. The number of aryl methyl sites for hydroxylation is 1. The van der Waals surface area contributed by atoms with Crippen molar-refractivity contribution in [3.63, 3.8) is 0 Å². The van der Waals surface area contributed by atoms with Crippen LogP contribution in [0.1, 0.15) is 0 Å². The van der Waals surface area contributed by atoms with Crippen LogP contribution in [0.2, 0.25) is 0 Å². The largest absolute Gasteiger partial charge is 0.328 e. The van der Waals surface area contributed by atoms with Gasteiger partial charge in [-0.1, -0.05) is 18.2 Å². The van der Waals surface area contributed by atoms with Gasteiger partial charge in [-0.2, -0.15) is 0 Å². The van der Waals surface area contributed by atoms with Crippen LogP contribution in [-0.2, 0) is 6.54 Å². The maximum absolute atomic E-state index is 11.4. The van der Waals surface area contributed by atoms with Crippen molar-refractivity contribution in [3.05, 3.63) is 63.4 Å². The van der Waals surface area contributed by atoms with Crippen molar-refractivity contribution in [2.45, 2.75) is 11.4 Å². The summed E-state index contributed by atoms with van der Waals surface area (Å²) in [5.41, 5.74) is -0.715. The number of rotatable bonds is 4. The van der Waals surface area contributed by atoms with Crippen LogP contribution >= 0.6 is 11.8 Å². The van der Waals surface area contributed by atoms with Crippen LogP contribution in [0.3, 0.4) is 0 Å². The third kappa shape index (κ3) is 3.35. The minimum atomic E-state index is -0.359. The molecule has 4 nitrogen and oxygen atoms in total. The van der Waals surface area contributed by atoms with E-state index in [1.165, 1.54) is 21.7 Å². The van der Waals surface area contributed by atoms with Crippen molar-refractivity contribution in [1.82, 2.24) is 9.55 Å². The van der Waals surface area contributed by atoms with E-state index in [0.29, 0.717) is 6.54 Å². The molecular weight excluding hydrogens is 236 g/mol. The smallest absolute Gasteiger partial charge is 0.300 e. The predicted molar refractivity (Wildman–Crippen MR) is 68.5 cm³/mol. The first-order valence-corrected chi connectivity index (χ1v) is 6.22. The van der Waals surface area contributed by atoms with Crippen molar-refractivity contribution in [2.75, 3.05) is 5.75 Å². The molecule has 2 aromatic rings. The van der Waals surface area contributed by atoms with Crippen LogP contribution in [0.4, 0.5) is 0 Å². The Morgan fingerprint density at radius 2 is 1.88 bits per heavy atom. The van der Waals surface area contributed by atoms with Gasteiger partial charge in [-0.15, -0.1) is 11.8 Å². The highest BCUT2D eigenvalue weighted by atomic mass is 32.2. The van der Waals surface area contributed by atoms with Gasteiger partial charge >= 0.3 is 5.69 Å². The molecule has 0 aliphatic carbocycles. The number of hydrogen-bond donors (Lipinski definition) is 1. The van der Waals surface area contributed by atoms with Gasteiger partial charge in [0.05, 0.1) is 0 Å². The molecule has 5 heteroatoms. The van der Waals surface area contributed by atoms with Crippen molar-refractivity contribution in [2.24, 2.45) is 0 Å². The Hall–Kier alpha value is -1.75. The standard InChI is InChI=1S/C12H12N2O2S/c15-11-6-7-14(12(16)13-11)8-9-17-10-4-2-1-3-5-10/h1-7H,8-9H2,(H,13,15,16). The normalized spacial score (nSPS) is 10.4. The number of H-pyrrole nitrogens is 1. The quantitative estimate of drug-likeness (QED) is 0.830. The molecule has 0 saturated heterocycles. The molecule has 1 aromatic carbocycles. The molecule has 17 heavy (non-hydrogen) atoms. The maximum atomic E-state index is 11.4. The van der Waals surface area contributed by atoms with E-state index in [9.17, 15) is 9.59 Å². The average molecular weight is 248 g/mol. The van der Waals surface area contributed by atoms with Gasteiger partial charge in [-0.05, 0) is 12.1 Å². The molecule has 0 unspecified atom stereocenters. The molecule has 0 radical (unpaired) electrons. The van der Waals surface area contributed by atoms with Crippen LogP contribution in [-0.4, -0.2) is 15.3 Å². The molecule has 0 fully saturated rings. The van der Waals surface area contributed by atoms with E-state index in [1.807, 2.05) is 30.3 Å². The summed E-state index contributed by atoms with van der Waals surface area (Å²) in [6, 6.07) is 11.3. The summed E-state index contributed by atoms with van der Waals surface area (Å²) in [5, 5.41) is 0. The fourth-order valence-corrected chi connectivity index (χ4v) is 2.27. The number of aromatic amines is 1. The van der Waals surface area contributed by atoms with Crippen molar-refractivity contribution < 1.29 is 0 Å². The van der Waals surface area contributed by atoms with Gasteiger partial charge in [-0.3, -0.25) is 14.3 Å². The Balaban J connectivity index is 1.95. The highest BCUT2D eigenvalue weighted by Gasteiger charge is 1.97. The van der Waals surface area contributed by atoms with Gasteiger partial charge in [0.2, 0.25) is 0 Å². The first-order chi connectivity index (χ1) is 8.25. The second-order valence-electron chi connectivity index (χ2n) is 3.47. The van der Waals surface area contributed by atoms with E-state index in [-0.39, 0.29) is 11.2 Å². The molecule has 0 amide bonds. The summed E-state index contributed by atoms with van der Waals surface area (Å²) in [6.45, 7) is 0.579. The van der Waals surface area contributed by atoms with E-state index >= 15 is 0 Å². The Labute approximate surface area is 102 Å². The fourth-order valence-electron chi connectivity index (χ4n) is 1.40. The molecule has 0 atom stereocenters. The lowest BCUT2D eigenvalue weighted by Crippen LogP contribution is -2.29. The topological polar surface area (TPSA) is 54.9 Å². The first-order valence-electron chi connectivity index (χ1n) is 5.23. The van der Waals surface area contributed by atoms with Gasteiger partial charge in [-0.25, -0.2) is 4.79 Å². The number of benzene rings is 1. The Morgan fingerprint density at radius 1 is 1.12 bits per heavy atom. The van der Waals surface area contributed by atoms with Crippen LogP contribution in [0.5, 0.6) is 0 Å². The maximum Gasteiger partial charge on any atom is 0.328 e. The number of thioether (sulfide) groups is 1. The summed E-state index contributed by atoms with van der Waals surface area (Å²) in [7, 11) is 0. The molecule has 88 valence electrons. The SMILES string of the molecule is O=c1ccn(CCSc2ccccc2)c(=O)[nH]1. The van der Waals surface area contributed by atoms with Crippen LogP contribution < -0.4 is 11.2 Å². The van der Waals surface area contributed by atoms with Crippen LogP contribution in [0.15, 0.2) is 57.1 Å². The first kappa shape index (κ1) is 11.7. The molecule has 1 N–H and O–H groups in total. The summed E-state index contributed by atoms with van der Waals surface area (Å²) in [6.07, 6.45) is 1.52. The Kier molecular flexibility index (Phi) is 3.82. The number of nitrogens with zero attached hydrogens (tertiary/aromatic N) is 1. The predicted octanol–water partition coefficient (Wildman–Crippen LogP) is 1.33. The van der Waals surface area contributed by atoms with Crippen LogP contribution in [0, 0.1) is 0 Å². The van der Waals surface area contributed by atoms with Gasteiger partial charge in [0.15, 0.2) is 0 Å². The lowest BCUT2D eigenvalue weighted by molar-refractivity contribution is 0.700. The van der Waals surface area contributed by atoms with Crippen molar-refractivity contribution in [3.8, 4) is 0 Å². The third-order valence-corrected chi connectivity index (χ3v) is 3.23. The van der Waals surface area contributed by atoms with Gasteiger partial charge < -0.3 is 0 Å². The molecule has 1 aromatic heterocycles. The molecule has 0 aliphatic rings. The molecule has 0 spiro atoms. The molecule has 1 heterocycles. The highest BCUT2D eigenvalue weighted by molar-refractivity contribution is 7.99. The zero-order chi connectivity index (χ0) is 12.1. The van der Waals surface area contributed by atoms with E-state index in [1.54, 1.807) is 11.8 Å². The fraction of sp³-hybridized carbons (Fsp3) is 0.167. The van der Waals surface area contributed by atoms with Crippen LogP contribution in [0.25, 0.3) is 0 Å². The zero-order valence-corrected chi connectivity index (χ0v) is 9.94. The minimum Gasteiger partial charge on any atom is -0.300 e. The van der Waals surface area contributed by atoms with E-state index in [4.69, 9.17) is 0 Å². The second-order valence-corrected chi connectivity index (χ2v) is 4.63. The Bertz CT molecular complexity index is 589. The molecule has 0 aliphatic heterocycles. The summed E-state index contributed by atoms with van der Waals surface area (Å²) in [4.78, 5) is 25.6. The van der Waals surface area contributed by atoms with Crippen molar-refractivity contribution >= 4 is 11.8 Å². The number of hydrogen-bond acceptors (Lipinski definition) is 3. The molecular formula is C12H12N2O2S. The lowest BCUT2D eigenvalue weighted by Gasteiger charge is -2.04. The van der Waals surface area contributed by atoms with E-state index in [0.717, 1.165) is 5.75 Å². The third-order valence-electron chi connectivity index (χ3n) is 2.24. The van der Waals surface area contributed by atoms with Gasteiger partial charge in [0, 0.05) is 29.5 Å². The molecule has 0 bridgehead atoms. The van der Waals surface area contributed by atoms with Crippen molar-refractivity contribution in [1.29, 1.82) is 0 Å². The Morgan fingerprint density at radius 3 is 2.59 bits per heavy atom. The summed E-state index contributed by atoms with van der Waals surface area (Å²) in [5.74, 6) is 0.788. The highest BCUT2D eigenvalue weighted by Crippen LogP contribution is 2.16. The van der Waals surface area contributed by atoms with E-state index < -0.39 is 0 Å². The number of nitrogens with one attached hydrogen (secondary N) is 1. The summed E-state index contributed by atoms with van der Waals surface area (Å²) >= 11 is 1.68. The zero-order valence-electron chi connectivity index (χ0n) is 9.13. The second kappa shape index (κ2) is 5.54. The number of aromatic nitrogens is 2. The monoisotopic (exact) mass is 248 g/mol. The minimum absolute atomic E-state index is 0.355. The van der Waals surface area contributed by atoms with Gasteiger partial charge in [0.1, 0.15) is 0 Å².